The van der Waals surface area contributed by atoms with Crippen molar-refractivity contribution in [3.63, 3.8) is 0 Å². The topological polar surface area (TPSA) is 38.3 Å². The van der Waals surface area contributed by atoms with Crippen LogP contribution in [0, 0.1) is 5.82 Å². The van der Waals surface area contributed by atoms with E-state index in [0.29, 0.717) is 0 Å². The van der Waals surface area contributed by atoms with Crippen LogP contribution in [0.25, 0.3) is 0 Å². The van der Waals surface area contributed by atoms with E-state index in [0.717, 1.165) is 6.07 Å². The Morgan fingerprint density at radius 3 is 2.57 bits per heavy atom. The van der Waals surface area contributed by atoms with Gasteiger partial charge in [0.25, 0.3) is 5.91 Å². The van der Waals surface area contributed by atoms with Gasteiger partial charge in [-0.2, -0.15) is 8.78 Å². The summed E-state index contributed by atoms with van der Waals surface area (Å²) in [6, 6.07) is 9.57. The second-order valence-corrected chi connectivity index (χ2v) is 4.81. The largest absolute Gasteiger partial charge is 0.433 e. The van der Waals surface area contributed by atoms with Crippen molar-refractivity contribution in [2.24, 2.45) is 0 Å². The number of benzene rings is 2. The molecule has 0 aliphatic carbocycles. The SMILES string of the molecule is O=C(Nc1ccccc1OC(F)F)c1ccc(Br)c(F)c1. The van der Waals surface area contributed by atoms with Crippen LogP contribution in [0.1, 0.15) is 10.4 Å². The van der Waals surface area contributed by atoms with Crippen molar-refractivity contribution < 1.29 is 22.7 Å². The molecular weight excluding hydrogens is 351 g/mol. The number of carbonyl (C=O) groups is 1. The molecule has 3 nitrogen and oxygen atoms in total. The third-order valence-corrected chi connectivity index (χ3v) is 3.18. The second-order valence-electron chi connectivity index (χ2n) is 3.96. The van der Waals surface area contributed by atoms with Crippen molar-refractivity contribution >= 4 is 27.5 Å². The Kier molecular flexibility index (Phi) is 4.85. The lowest BCUT2D eigenvalue weighted by Gasteiger charge is -2.11. The Bertz CT molecular complexity index is 664. The third-order valence-electron chi connectivity index (χ3n) is 2.53. The van der Waals surface area contributed by atoms with Crippen molar-refractivity contribution in [2.45, 2.75) is 6.61 Å². The number of halogens is 4. The standard InChI is InChI=1S/C14H9BrF3NO2/c15-9-6-5-8(7-10(9)16)13(20)19-11-3-1-2-4-12(11)21-14(17)18/h1-7,14H,(H,19,20). The fraction of sp³-hybridized carbons (Fsp3) is 0.0714. The van der Waals surface area contributed by atoms with E-state index in [4.69, 9.17) is 0 Å². The van der Waals surface area contributed by atoms with E-state index in [1.165, 1.54) is 30.3 Å². The zero-order chi connectivity index (χ0) is 15.4. The molecule has 0 aliphatic rings. The molecule has 0 unspecified atom stereocenters. The van der Waals surface area contributed by atoms with E-state index in [-0.39, 0.29) is 21.5 Å². The van der Waals surface area contributed by atoms with Crippen LogP contribution in [-0.4, -0.2) is 12.5 Å². The van der Waals surface area contributed by atoms with Crippen LogP contribution >= 0.6 is 15.9 Å². The number of rotatable bonds is 4. The fourth-order valence-corrected chi connectivity index (χ4v) is 1.85. The third kappa shape index (κ3) is 3.98. The molecule has 0 fully saturated rings. The number of para-hydroxylation sites is 2. The number of anilines is 1. The van der Waals surface area contributed by atoms with Crippen molar-refractivity contribution in [1.29, 1.82) is 0 Å². The van der Waals surface area contributed by atoms with Crippen LogP contribution in [0.2, 0.25) is 0 Å². The van der Waals surface area contributed by atoms with E-state index in [1.54, 1.807) is 6.07 Å². The van der Waals surface area contributed by atoms with Gasteiger partial charge in [-0.3, -0.25) is 4.79 Å². The molecule has 0 heterocycles. The van der Waals surface area contributed by atoms with Crippen LogP contribution < -0.4 is 10.1 Å². The number of hydrogen-bond donors (Lipinski definition) is 1. The van der Waals surface area contributed by atoms with Gasteiger partial charge in [-0.05, 0) is 46.3 Å². The first-order chi connectivity index (χ1) is 9.97. The highest BCUT2D eigenvalue weighted by atomic mass is 79.9. The molecule has 1 amide bonds. The molecule has 2 aromatic carbocycles. The molecule has 2 aromatic rings. The van der Waals surface area contributed by atoms with Crippen LogP contribution in [-0.2, 0) is 0 Å². The van der Waals surface area contributed by atoms with Gasteiger partial charge in [0, 0.05) is 5.56 Å². The molecule has 110 valence electrons. The maximum atomic E-state index is 13.4. The van der Waals surface area contributed by atoms with Crippen LogP contribution in [0.5, 0.6) is 5.75 Å². The van der Waals surface area contributed by atoms with Gasteiger partial charge in [-0.15, -0.1) is 0 Å². The maximum absolute atomic E-state index is 13.4. The summed E-state index contributed by atoms with van der Waals surface area (Å²) >= 11 is 2.97. The Balaban J connectivity index is 2.21. The van der Waals surface area contributed by atoms with Gasteiger partial charge in [-0.1, -0.05) is 12.1 Å². The minimum atomic E-state index is -3.01. The lowest BCUT2D eigenvalue weighted by Crippen LogP contribution is -2.14. The van der Waals surface area contributed by atoms with Gasteiger partial charge in [0.2, 0.25) is 0 Å². The summed E-state index contributed by atoms with van der Waals surface area (Å²) in [7, 11) is 0. The lowest BCUT2D eigenvalue weighted by atomic mass is 10.2. The Morgan fingerprint density at radius 2 is 1.90 bits per heavy atom. The van der Waals surface area contributed by atoms with Gasteiger partial charge in [-0.25, -0.2) is 4.39 Å². The first-order valence-corrected chi connectivity index (χ1v) is 6.57. The molecule has 0 spiro atoms. The molecule has 0 saturated heterocycles. The highest BCUT2D eigenvalue weighted by molar-refractivity contribution is 9.10. The van der Waals surface area contributed by atoms with Crippen LogP contribution in [0.15, 0.2) is 46.9 Å². The number of amides is 1. The quantitative estimate of drug-likeness (QED) is 0.876. The molecule has 0 radical (unpaired) electrons. The molecule has 0 bridgehead atoms. The highest BCUT2D eigenvalue weighted by Gasteiger charge is 2.13. The normalized spacial score (nSPS) is 10.5. The second kappa shape index (κ2) is 6.62. The number of nitrogens with one attached hydrogen (secondary N) is 1. The lowest BCUT2D eigenvalue weighted by molar-refractivity contribution is -0.0493. The summed E-state index contributed by atoms with van der Waals surface area (Å²) in [6.45, 7) is -3.01. The summed E-state index contributed by atoms with van der Waals surface area (Å²) in [5.41, 5.74) is 0.133. The molecule has 0 saturated carbocycles. The van der Waals surface area contributed by atoms with E-state index in [9.17, 15) is 18.0 Å². The Hall–Kier alpha value is -2.02. The van der Waals surface area contributed by atoms with E-state index >= 15 is 0 Å². The summed E-state index contributed by atoms with van der Waals surface area (Å²) in [5, 5.41) is 2.40. The van der Waals surface area contributed by atoms with Gasteiger partial charge >= 0.3 is 6.61 Å². The molecule has 0 aromatic heterocycles. The van der Waals surface area contributed by atoms with Crippen molar-refractivity contribution in [3.05, 3.63) is 58.3 Å². The molecule has 0 atom stereocenters. The molecule has 21 heavy (non-hydrogen) atoms. The molecule has 7 heteroatoms. The van der Waals surface area contributed by atoms with Gasteiger partial charge in [0.15, 0.2) is 0 Å². The van der Waals surface area contributed by atoms with Crippen molar-refractivity contribution in [2.75, 3.05) is 5.32 Å². The molecule has 1 N–H and O–H groups in total. The van der Waals surface area contributed by atoms with Gasteiger partial charge in [0.1, 0.15) is 11.6 Å². The zero-order valence-electron chi connectivity index (χ0n) is 10.4. The predicted octanol–water partition coefficient (Wildman–Crippen LogP) is 4.44. The molecular formula is C14H9BrF3NO2. The summed E-state index contributed by atoms with van der Waals surface area (Å²) in [4.78, 5) is 12.0. The first-order valence-electron chi connectivity index (χ1n) is 5.77. The van der Waals surface area contributed by atoms with Crippen LogP contribution in [0.3, 0.4) is 0 Å². The predicted molar refractivity (Wildman–Crippen MR) is 75.1 cm³/mol. The smallest absolute Gasteiger partial charge is 0.387 e. The summed E-state index contributed by atoms with van der Waals surface area (Å²) < 4.78 is 42.4. The number of hydrogen-bond acceptors (Lipinski definition) is 2. The summed E-state index contributed by atoms with van der Waals surface area (Å²) in [6.07, 6.45) is 0. The van der Waals surface area contributed by atoms with Gasteiger partial charge < -0.3 is 10.1 Å². The minimum Gasteiger partial charge on any atom is -0.433 e. The number of alkyl halides is 2. The Labute approximate surface area is 126 Å². The van der Waals surface area contributed by atoms with Crippen molar-refractivity contribution in [1.82, 2.24) is 0 Å². The molecule has 2 rings (SSSR count). The average Bonchev–Trinajstić information content (AvgIpc) is 2.43. The van der Waals surface area contributed by atoms with E-state index < -0.39 is 18.3 Å². The maximum Gasteiger partial charge on any atom is 0.387 e. The van der Waals surface area contributed by atoms with E-state index in [1.807, 2.05) is 0 Å². The minimum absolute atomic E-state index is 0.0579. The number of carbonyl (C=O) groups excluding carboxylic acids is 1. The number of ether oxygens (including phenoxy) is 1. The fourth-order valence-electron chi connectivity index (χ4n) is 1.60. The van der Waals surface area contributed by atoms with Crippen LogP contribution in [0.4, 0.5) is 18.9 Å². The first kappa shape index (κ1) is 15.4. The monoisotopic (exact) mass is 359 g/mol. The zero-order valence-corrected chi connectivity index (χ0v) is 12.0. The average molecular weight is 360 g/mol. The van der Waals surface area contributed by atoms with Gasteiger partial charge in [0.05, 0.1) is 10.2 Å². The molecule has 0 aliphatic heterocycles. The summed E-state index contributed by atoms with van der Waals surface area (Å²) in [5.74, 6) is -1.40. The van der Waals surface area contributed by atoms with Crippen molar-refractivity contribution in [3.8, 4) is 5.75 Å². The Morgan fingerprint density at radius 1 is 1.19 bits per heavy atom. The highest BCUT2D eigenvalue weighted by Crippen LogP contribution is 2.26. The van der Waals surface area contributed by atoms with E-state index in [2.05, 4.69) is 26.0 Å².